The quantitative estimate of drug-likeness (QED) is 0.672. The van der Waals surface area contributed by atoms with Gasteiger partial charge in [-0.15, -0.1) is 0 Å². The first kappa shape index (κ1) is 13.0. The van der Waals surface area contributed by atoms with Gasteiger partial charge in [0.1, 0.15) is 0 Å². The van der Waals surface area contributed by atoms with E-state index in [1.54, 1.807) is 0 Å². The van der Waals surface area contributed by atoms with Gasteiger partial charge in [0.25, 0.3) is 0 Å². The van der Waals surface area contributed by atoms with E-state index in [0.717, 1.165) is 12.3 Å². The fourth-order valence-corrected chi connectivity index (χ4v) is 1.83. The lowest BCUT2D eigenvalue weighted by atomic mass is 9.90. The predicted octanol–water partition coefficient (Wildman–Crippen LogP) is 3.61. The predicted molar refractivity (Wildman–Crippen MR) is 58.8 cm³/mol. The fraction of sp³-hybridized carbons (Fsp3) is 1.00. The molecule has 0 heterocycles. The monoisotopic (exact) mass is 186 g/mol. The van der Waals surface area contributed by atoms with Crippen LogP contribution in [0.3, 0.4) is 0 Å². The molecular weight excluding hydrogens is 160 g/mol. The number of hydrogen-bond donors (Lipinski definition) is 1. The maximum Gasteiger partial charge on any atom is 0.0594 e. The highest BCUT2D eigenvalue weighted by Gasteiger charge is 2.16. The van der Waals surface area contributed by atoms with E-state index in [1.165, 1.54) is 19.3 Å². The second-order valence-corrected chi connectivity index (χ2v) is 5.45. The van der Waals surface area contributed by atoms with Gasteiger partial charge in [0.05, 0.1) is 5.60 Å². The van der Waals surface area contributed by atoms with Crippen LogP contribution in [-0.4, -0.2) is 10.7 Å². The summed E-state index contributed by atoms with van der Waals surface area (Å²) in [5, 5.41) is 9.60. The van der Waals surface area contributed by atoms with Crippen molar-refractivity contribution in [2.75, 3.05) is 0 Å². The van der Waals surface area contributed by atoms with Crippen LogP contribution in [0.25, 0.3) is 0 Å². The largest absolute Gasteiger partial charge is 0.390 e. The van der Waals surface area contributed by atoms with Crippen molar-refractivity contribution in [2.45, 2.75) is 65.9 Å². The van der Waals surface area contributed by atoms with Gasteiger partial charge in [-0.05, 0) is 32.1 Å². The minimum Gasteiger partial charge on any atom is -0.390 e. The molecule has 0 amide bonds. The highest BCUT2D eigenvalue weighted by molar-refractivity contribution is 4.69. The molecule has 1 heteroatoms. The van der Waals surface area contributed by atoms with Crippen molar-refractivity contribution in [1.29, 1.82) is 0 Å². The summed E-state index contributed by atoms with van der Waals surface area (Å²) in [6.07, 6.45) is 4.79. The van der Waals surface area contributed by atoms with Gasteiger partial charge < -0.3 is 5.11 Å². The standard InChI is InChI=1S/C12H26O/c1-10(2)7-6-8-11(3)9-12(4,5)13/h10-11,13H,6-9H2,1-5H3/t11-/m1/s1. The van der Waals surface area contributed by atoms with E-state index >= 15 is 0 Å². The molecule has 1 N–H and O–H groups in total. The Hall–Kier alpha value is -0.0400. The van der Waals surface area contributed by atoms with Gasteiger partial charge in [0.15, 0.2) is 0 Å². The lowest BCUT2D eigenvalue weighted by Gasteiger charge is -2.22. The molecule has 0 saturated heterocycles. The topological polar surface area (TPSA) is 20.2 Å². The van der Waals surface area contributed by atoms with Crippen LogP contribution >= 0.6 is 0 Å². The van der Waals surface area contributed by atoms with Crippen molar-refractivity contribution in [2.24, 2.45) is 11.8 Å². The molecule has 80 valence electrons. The fourth-order valence-electron chi connectivity index (χ4n) is 1.83. The maximum atomic E-state index is 9.60. The van der Waals surface area contributed by atoms with E-state index in [4.69, 9.17) is 0 Å². The highest BCUT2D eigenvalue weighted by Crippen LogP contribution is 2.21. The lowest BCUT2D eigenvalue weighted by Crippen LogP contribution is -2.21. The smallest absolute Gasteiger partial charge is 0.0594 e. The maximum absolute atomic E-state index is 9.60. The molecule has 1 atom stereocenters. The molecule has 0 rings (SSSR count). The van der Waals surface area contributed by atoms with Gasteiger partial charge in [0.2, 0.25) is 0 Å². The van der Waals surface area contributed by atoms with Crippen molar-refractivity contribution in [3.63, 3.8) is 0 Å². The van der Waals surface area contributed by atoms with E-state index in [2.05, 4.69) is 20.8 Å². The Labute approximate surface area is 83.5 Å². The normalized spacial score (nSPS) is 15.0. The van der Waals surface area contributed by atoms with Gasteiger partial charge in [-0.2, -0.15) is 0 Å². The summed E-state index contributed by atoms with van der Waals surface area (Å²) in [5.41, 5.74) is -0.489. The summed E-state index contributed by atoms with van der Waals surface area (Å²) in [7, 11) is 0. The molecule has 0 fully saturated rings. The third-order valence-electron chi connectivity index (χ3n) is 2.33. The van der Waals surface area contributed by atoms with E-state index in [0.29, 0.717) is 5.92 Å². The Morgan fingerprint density at radius 3 is 2.00 bits per heavy atom. The summed E-state index contributed by atoms with van der Waals surface area (Å²) < 4.78 is 0. The second kappa shape index (κ2) is 5.64. The average Bonchev–Trinajstić information content (AvgIpc) is 1.81. The zero-order chi connectivity index (χ0) is 10.5. The second-order valence-electron chi connectivity index (χ2n) is 5.45. The van der Waals surface area contributed by atoms with Gasteiger partial charge in [-0.3, -0.25) is 0 Å². The van der Waals surface area contributed by atoms with Gasteiger partial charge in [-0.1, -0.05) is 40.0 Å². The van der Waals surface area contributed by atoms with Crippen LogP contribution in [0.1, 0.15) is 60.3 Å². The van der Waals surface area contributed by atoms with Gasteiger partial charge >= 0.3 is 0 Å². The number of aliphatic hydroxyl groups is 1. The molecule has 13 heavy (non-hydrogen) atoms. The molecule has 0 aliphatic carbocycles. The first-order valence-corrected chi connectivity index (χ1v) is 5.53. The zero-order valence-electron chi connectivity index (χ0n) is 9.93. The Bertz CT molecular complexity index is 122. The van der Waals surface area contributed by atoms with Crippen LogP contribution in [0.2, 0.25) is 0 Å². The van der Waals surface area contributed by atoms with E-state index in [1.807, 2.05) is 13.8 Å². The summed E-state index contributed by atoms with van der Waals surface area (Å²) in [6, 6.07) is 0. The Kier molecular flexibility index (Phi) is 5.62. The average molecular weight is 186 g/mol. The van der Waals surface area contributed by atoms with Crippen LogP contribution in [0, 0.1) is 11.8 Å². The molecule has 0 unspecified atom stereocenters. The Balaban J connectivity index is 3.46. The minimum absolute atomic E-state index is 0.489. The highest BCUT2D eigenvalue weighted by atomic mass is 16.3. The molecule has 0 aromatic carbocycles. The summed E-state index contributed by atoms with van der Waals surface area (Å²) >= 11 is 0. The van der Waals surface area contributed by atoms with E-state index in [-0.39, 0.29) is 0 Å². The van der Waals surface area contributed by atoms with Crippen molar-refractivity contribution in [3.05, 3.63) is 0 Å². The first-order chi connectivity index (χ1) is 5.81. The van der Waals surface area contributed by atoms with Crippen molar-refractivity contribution < 1.29 is 5.11 Å². The molecule has 0 aromatic rings. The molecule has 1 nitrogen and oxygen atoms in total. The minimum atomic E-state index is -0.489. The molecule has 0 bridgehead atoms. The van der Waals surface area contributed by atoms with Gasteiger partial charge in [-0.25, -0.2) is 0 Å². The third-order valence-corrected chi connectivity index (χ3v) is 2.33. The summed E-state index contributed by atoms with van der Waals surface area (Å²) in [6.45, 7) is 10.6. The van der Waals surface area contributed by atoms with Crippen molar-refractivity contribution in [3.8, 4) is 0 Å². The summed E-state index contributed by atoms with van der Waals surface area (Å²) in [5.74, 6) is 1.47. The molecule has 0 aliphatic rings. The number of hydrogen-bond acceptors (Lipinski definition) is 1. The third kappa shape index (κ3) is 9.88. The zero-order valence-corrected chi connectivity index (χ0v) is 9.93. The molecule has 0 saturated carbocycles. The molecule has 0 aromatic heterocycles. The van der Waals surface area contributed by atoms with E-state index < -0.39 is 5.60 Å². The van der Waals surface area contributed by atoms with Gasteiger partial charge in [0, 0.05) is 0 Å². The van der Waals surface area contributed by atoms with Crippen LogP contribution in [-0.2, 0) is 0 Å². The molecule has 0 radical (unpaired) electrons. The number of rotatable bonds is 6. The van der Waals surface area contributed by atoms with Crippen LogP contribution in [0.15, 0.2) is 0 Å². The summed E-state index contributed by atoms with van der Waals surface area (Å²) in [4.78, 5) is 0. The lowest BCUT2D eigenvalue weighted by molar-refractivity contribution is 0.0535. The Morgan fingerprint density at radius 1 is 1.08 bits per heavy atom. The van der Waals surface area contributed by atoms with Crippen LogP contribution in [0.5, 0.6) is 0 Å². The Morgan fingerprint density at radius 2 is 1.62 bits per heavy atom. The SMILES string of the molecule is CC(C)CCC[C@@H](C)CC(C)(C)O. The molecule has 0 spiro atoms. The van der Waals surface area contributed by atoms with E-state index in [9.17, 15) is 5.11 Å². The molecular formula is C12H26O. The van der Waals surface area contributed by atoms with Crippen molar-refractivity contribution in [1.82, 2.24) is 0 Å². The molecule has 0 aliphatic heterocycles. The first-order valence-electron chi connectivity index (χ1n) is 5.53. The van der Waals surface area contributed by atoms with Crippen LogP contribution < -0.4 is 0 Å². The van der Waals surface area contributed by atoms with Crippen molar-refractivity contribution >= 4 is 0 Å². The van der Waals surface area contributed by atoms with Crippen LogP contribution in [0.4, 0.5) is 0 Å².